The lowest BCUT2D eigenvalue weighted by atomic mass is 9.86. The summed E-state index contributed by atoms with van der Waals surface area (Å²) in [6.45, 7) is 6.40. The molecule has 118 valence electrons. The average molecular weight is 320 g/mol. The van der Waals surface area contributed by atoms with E-state index in [1.54, 1.807) is 29.5 Å². The maximum atomic E-state index is 13.5. The van der Waals surface area contributed by atoms with E-state index in [1.807, 2.05) is 17.5 Å². The lowest BCUT2D eigenvalue weighted by Crippen LogP contribution is -2.42. The summed E-state index contributed by atoms with van der Waals surface area (Å²) in [7, 11) is 0. The van der Waals surface area contributed by atoms with Crippen molar-refractivity contribution in [2.24, 2.45) is 5.41 Å². The van der Waals surface area contributed by atoms with Gasteiger partial charge in [0.1, 0.15) is 5.82 Å². The molecule has 0 spiro atoms. The fourth-order valence-corrected chi connectivity index (χ4v) is 3.19. The standard InChI is InChI=1S/C17H21FN2OS/c1-17(2,3)15(14-9-6-10-22-14)20-16(21)19-11-12-7-4-5-8-13(12)18/h4-10,15H,11H2,1-3H3,(H2,19,20,21)/t15-/m1/s1. The number of nitrogens with one attached hydrogen (secondary N) is 2. The number of hydrogen-bond donors (Lipinski definition) is 2. The Morgan fingerprint density at radius 2 is 1.95 bits per heavy atom. The number of hydrogen-bond acceptors (Lipinski definition) is 2. The molecule has 0 aliphatic heterocycles. The largest absolute Gasteiger partial charge is 0.334 e. The van der Waals surface area contributed by atoms with Gasteiger partial charge < -0.3 is 10.6 Å². The van der Waals surface area contributed by atoms with Gasteiger partial charge in [-0.15, -0.1) is 11.3 Å². The number of benzene rings is 1. The van der Waals surface area contributed by atoms with Crippen molar-refractivity contribution in [2.45, 2.75) is 33.4 Å². The zero-order valence-electron chi connectivity index (χ0n) is 13.0. The summed E-state index contributed by atoms with van der Waals surface area (Å²) in [5, 5.41) is 7.70. The number of amides is 2. The van der Waals surface area contributed by atoms with Crippen molar-refractivity contribution >= 4 is 17.4 Å². The SMILES string of the molecule is CC(C)(C)[C@H](NC(=O)NCc1ccccc1F)c1cccs1. The summed E-state index contributed by atoms with van der Waals surface area (Å²) < 4.78 is 13.5. The summed E-state index contributed by atoms with van der Waals surface area (Å²) in [5.41, 5.74) is 0.362. The van der Waals surface area contributed by atoms with Crippen LogP contribution in [-0.4, -0.2) is 6.03 Å². The minimum absolute atomic E-state index is 0.0897. The van der Waals surface area contributed by atoms with Crippen LogP contribution < -0.4 is 10.6 Å². The molecule has 1 heterocycles. The fraction of sp³-hybridized carbons (Fsp3) is 0.353. The molecule has 2 aromatic rings. The molecule has 0 saturated carbocycles. The smallest absolute Gasteiger partial charge is 0.315 e. The molecule has 5 heteroatoms. The molecule has 0 radical (unpaired) electrons. The second-order valence-corrected chi connectivity index (χ2v) is 7.21. The monoisotopic (exact) mass is 320 g/mol. The van der Waals surface area contributed by atoms with Crippen LogP contribution in [0.3, 0.4) is 0 Å². The van der Waals surface area contributed by atoms with E-state index in [-0.39, 0.29) is 29.8 Å². The van der Waals surface area contributed by atoms with Crippen molar-refractivity contribution in [3.8, 4) is 0 Å². The molecule has 0 fully saturated rings. The summed E-state index contributed by atoms with van der Waals surface area (Å²) in [4.78, 5) is 13.2. The van der Waals surface area contributed by atoms with Gasteiger partial charge in [0.25, 0.3) is 0 Å². The minimum atomic E-state index is -0.312. The minimum Gasteiger partial charge on any atom is -0.334 e. The van der Waals surface area contributed by atoms with E-state index < -0.39 is 0 Å². The third-order valence-electron chi connectivity index (χ3n) is 3.37. The van der Waals surface area contributed by atoms with Gasteiger partial charge >= 0.3 is 6.03 Å². The zero-order chi connectivity index (χ0) is 16.2. The van der Waals surface area contributed by atoms with Crippen molar-refractivity contribution in [1.29, 1.82) is 0 Å². The highest BCUT2D eigenvalue weighted by atomic mass is 32.1. The molecular weight excluding hydrogens is 299 g/mol. The number of thiophene rings is 1. The third-order valence-corrected chi connectivity index (χ3v) is 4.30. The Kier molecular flexibility index (Phi) is 5.19. The fourth-order valence-electron chi connectivity index (χ4n) is 2.17. The Balaban J connectivity index is 1.99. The highest BCUT2D eigenvalue weighted by molar-refractivity contribution is 7.10. The van der Waals surface area contributed by atoms with Crippen LogP contribution in [0.1, 0.15) is 37.3 Å². The van der Waals surface area contributed by atoms with Gasteiger partial charge in [0.05, 0.1) is 6.04 Å². The summed E-state index contributed by atoms with van der Waals surface area (Å²) in [6.07, 6.45) is 0. The van der Waals surface area contributed by atoms with Crippen LogP contribution in [0, 0.1) is 11.2 Å². The van der Waals surface area contributed by atoms with Crippen molar-refractivity contribution < 1.29 is 9.18 Å². The molecule has 1 atom stereocenters. The van der Waals surface area contributed by atoms with Crippen LogP contribution in [0.2, 0.25) is 0 Å². The number of halogens is 1. The van der Waals surface area contributed by atoms with Crippen LogP contribution in [-0.2, 0) is 6.54 Å². The van der Waals surface area contributed by atoms with Crippen LogP contribution in [0.15, 0.2) is 41.8 Å². The van der Waals surface area contributed by atoms with E-state index in [0.29, 0.717) is 5.56 Å². The van der Waals surface area contributed by atoms with E-state index in [0.717, 1.165) is 4.88 Å². The lowest BCUT2D eigenvalue weighted by Gasteiger charge is -2.30. The van der Waals surface area contributed by atoms with E-state index in [1.165, 1.54) is 6.07 Å². The maximum Gasteiger partial charge on any atom is 0.315 e. The first-order valence-corrected chi connectivity index (χ1v) is 8.07. The average Bonchev–Trinajstić information content (AvgIpc) is 2.96. The predicted molar refractivity (Wildman–Crippen MR) is 88.3 cm³/mol. The number of carbonyl (C=O) groups excluding carboxylic acids is 1. The first-order valence-electron chi connectivity index (χ1n) is 7.19. The number of urea groups is 1. The first kappa shape index (κ1) is 16.5. The quantitative estimate of drug-likeness (QED) is 0.857. The molecular formula is C17H21FN2OS. The van der Waals surface area contributed by atoms with Gasteiger partial charge in [-0.25, -0.2) is 9.18 Å². The van der Waals surface area contributed by atoms with Gasteiger partial charge in [-0.2, -0.15) is 0 Å². The van der Waals surface area contributed by atoms with E-state index >= 15 is 0 Å². The molecule has 1 aromatic heterocycles. The topological polar surface area (TPSA) is 41.1 Å². The van der Waals surface area contributed by atoms with Crippen molar-refractivity contribution in [1.82, 2.24) is 10.6 Å². The van der Waals surface area contributed by atoms with Crippen LogP contribution >= 0.6 is 11.3 Å². The Hall–Kier alpha value is -1.88. The third kappa shape index (κ3) is 4.31. The van der Waals surface area contributed by atoms with Gasteiger partial charge in [0.15, 0.2) is 0 Å². The van der Waals surface area contributed by atoms with E-state index in [4.69, 9.17) is 0 Å². The van der Waals surface area contributed by atoms with Crippen molar-refractivity contribution in [3.05, 3.63) is 58.0 Å². The molecule has 2 amide bonds. The maximum absolute atomic E-state index is 13.5. The van der Waals surface area contributed by atoms with Crippen LogP contribution in [0.25, 0.3) is 0 Å². The predicted octanol–water partition coefficient (Wildman–Crippen LogP) is 4.47. The Morgan fingerprint density at radius 1 is 1.23 bits per heavy atom. The molecule has 2 rings (SSSR count). The summed E-state index contributed by atoms with van der Waals surface area (Å²) >= 11 is 1.61. The van der Waals surface area contributed by atoms with Gasteiger partial charge in [-0.05, 0) is 22.9 Å². The molecule has 0 aliphatic rings. The molecule has 0 unspecified atom stereocenters. The van der Waals surface area contributed by atoms with Gasteiger partial charge in [-0.1, -0.05) is 45.0 Å². The molecule has 22 heavy (non-hydrogen) atoms. The second-order valence-electron chi connectivity index (χ2n) is 6.23. The first-order chi connectivity index (χ1) is 10.4. The zero-order valence-corrected chi connectivity index (χ0v) is 13.8. The Morgan fingerprint density at radius 3 is 2.55 bits per heavy atom. The number of carbonyl (C=O) groups is 1. The normalized spacial score (nSPS) is 12.7. The number of rotatable bonds is 4. The molecule has 0 aliphatic carbocycles. The highest BCUT2D eigenvalue weighted by Crippen LogP contribution is 2.34. The van der Waals surface area contributed by atoms with Crippen molar-refractivity contribution in [3.63, 3.8) is 0 Å². The summed E-state index contributed by atoms with van der Waals surface area (Å²) in [6, 6.07) is 10.0. The van der Waals surface area contributed by atoms with Gasteiger partial charge in [0.2, 0.25) is 0 Å². The van der Waals surface area contributed by atoms with Crippen LogP contribution in [0.4, 0.5) is 9.18 Å². The Labute approximate surface area is 134 Å². The molecule has 0 bridgehead atoms. The van der Waals surface area contributed by atoms with Crippen molar-refractivity contribution in [2.75, 3.05) is 0 Å². The molecule has 0 saturated heterocycles. The van der Waals surface area contributed by atoms with Gasteiger partial charge in [-0.3, -0.25) is 0 Å². The molecule has 3 nitrogen and oxygen atoms in total. The molecule has 2 N–H and O–H groups in total. The lowest BCUT2D eigenvalue weighted by molar-refractivity contribution is 0.219. The van der Waals surface area contributed by atoms with E-state index in [9.17, 15) is 9.18 Å². The second kappa shape index (κ2) is 6.92. The highest BCUT2D eigenvalue weighted by Gasteiger charge is 2.28. The molecule has 1 aromatic carbocycles. The van der Waals surface area contributed by atoms with Gasteiger partial charge in [0, 0.05) is 17.0 Å². The van der Waals surface area contributed by atoms with Crippen LogP contribution in [0.5, 0.6) is 0 Å². The summed E-state index contributed by atoms with van der Waals surface area (Å²) in [5.74, 6) is -0.312. The Bertz CT molecular complexity index is 620. The van der Waals surface area contributed by atoms with E-state index in [2.05, 4.69) is 31.4 Å².